The van der Waals surface area contributed by atoms with E-state index in [1.807, 2.05) is 103 Å². The standard InChI is InChI=1S/C40H40N4O5S/c41-33(22-27-18-20-30(21-19-27)40(48)49)36(50)39(47)44-35(24-31-16-9-15-29-14-7-8-17-32(29)31)38(46)43-34(23-26-10-3-1-4-11-26)37(45)42-25-28-12-5-2-6-13-28/h1-21,33-36,50H,22-25,41H2,(H,42,45)(H,43,46)(H,44,47)(H,48,49)/t33-,34-,35-,36-/m0/s1. The largest absolute Gasteiger partial charge is 0.478 e. The molecule has 50 heavy (non-hydrogen) atoms. The highest BCUT2D eigenvalue weighted by molar-refractivity contribution is 7.81. The predicted octanol–water partition coefficient (Wildman–Crippen LogP) is 4.48. The molecule has 0 aromatic heterocycles. The summed E-state index contributed by atoms with van der Waals surface area (Å²) in [5.41, 5.74) is 9.91. The van der Waals surface area contributed by atoms with Crippen LogP contribution in [-0.4, -0.2) is 52.2 Å². The Labute approximate surface area is 296 Å². The molecule has 0 saturated heterocycles. The summed E-state index contributed by atoms with van der Waals surface area (Å²) < 4.78 is 0. The third-order valence-electron chi connectivity index (χ3n) is 8.51. The van der Waals surface area contributed by atoms with Crippen molar-refractivity contribution in [2.24, 2.45) is 5.73 Å². The fourth-order valence-corrected chi connectivity index (χ4v) is 5.94. The first-order valence-electron chi connectivity index (χ1n) is 16.4. The van der Waals surface area contributed by atoms with Gasteiger partial charge in [-0.1, -0.05) is 115 Å². The monoisotopic (exact) mass is 688 g/mol. The third kappa shape index (κ3) is 9.81. The van der Waals surface area contributed by atoms with Gasteiger partial charge in [0.2, 0.25) is 17.7 Å². The van der Waals surface area contributed by atoms with Crippen LogP contribution in [0.3, 0.4) is 0 Å². The predicted molar refractivity (Wildman–Crippen MR) is 198 cm³/mol. The molecule has 0 bridgehead atoms. The summed E-state index contributed by atoms with van der Waals surface area (Å²) in [7, 11) is 0. The molecule has 5 rings (SSSR count). The van der Waals surface area contributed by atoms with Crippen molar-refractivity contribution >= 4 is 47.1 Å². The van der Waals surface area contributed by atoms with Crippen LogP contribution in [-0.2, 0) is 40.2 Å². The molecule has 6 N–H and O–H groups in total. The van der Waals surface area contributed by atoms with Crippen LogP contribution >= 0.6 is 12.6 Å². The highest BCUT2D eigenvalue weighted by Crippen LogP contribution is 2.21. The summed E-state index contributed by atoms with van der Waals surface area (Å²) in [5, 5.41) is 18.9. The molecule has 0 radical (unpaired) electrons. The van der Waals surface area contributed by atoms with Crippen LogP contribution in [0.15, 0.2) is 127 Å². The van der Waals surface area contributed by atoms with E-state index in [2.05, 4.69) is 28.6 Å². The maximum Gasteiger partial charge on any atom is 0.335 e. The average Bonchev–Trinajstić information content (AvgIpc) is 3.14. The van der Waals surface area contributed by atoms with Crippen molar-refractivity contribution in [1.29, 1.82) is 0 Å². The number of hydrogen-bond acceptors (Lipinski definition) is 6. The maximum atomic E-state index is 14.2. The van der Waals surface area contributed by atoms with E-state index >= 15 is 0 Å². The van der Waals surface area contributed by atoms with Crippen molar-refractivity contribution < 1.29 is 24.3 Å². The minimum absolute atomic E-state index is 0.143. The molecule has 0 heterocycles. The van der Waals surface area contributed by atoms with Gasteiger partial charge in [-0.15, -0.1) is 0 Å². The number of hydrogen-bond donors (Lipinski definition) is 6. The molecule has 0 aliphatic rings. The molecule has 0 aliphatic heterocycles. The van der Waals surface area contributed by atoms with Gasteiger partial charge in [0.05, 0.1) is 10.8 Å². The number of aromatic carboxylic acids is 1. The number of nitrogens with two attached hydrogens (primary N) is 1. The van der Waals surface area contributed by atoms with Gasteiger partial charge >= 0.3 is 5.97 Å². The van der Waals surface area contributed by atoms with Crippen molar-refractivity contribution in [3.63, 3.8) is 0 Å². The number of carboxylic acid groups (broad SMARTS) is 1. The number of carbonyl (C=O) groups is 4. The van der Waals surface area contributed by atoms with Gasteiger partial charge in [0.25, 0.3) is 0 Å². The number of carbonyl (C=O) groups excluding carboxylic acids is 3. The Bertz CT molecular complexity index is 1920. The molecule has 0 aliphatic carbocycles. The molecule has 256 valence electrons. The molecule has 0 unspecified atom stereocenters. The fraction of sp³-hybridized carbons (Fsp3) is 0.200. The lowest BCUT2D eigenvalue weighted by Gasteiger charge is -2.26. The second-order valence-corrected chi connectivity index (χ2v) is 12.7. The summed E-state index contributed by atoms with van der Waals surface area (Å²) in [4.78, 5) is 52.6. The first-order valence-corrected chi connectivity index (χ1v) is 16.9. The summed E-state index contributed by atoms with van der Waals surface area (Å²) in [6.45, 7) is 0.287. The number of thiol groups is 1. The summed E-state index contributed by atoms with van der Waals surface area (Å²) in [5.74, 6) is -2.47. The Hall–Kier alpha value is -5.45. The second-order valence-electron chi connectivity index (χ2n) is 12.2. The van der Waals surface area contributed by atoms with Crippen LogP contribution in [0, 0.1) is 0 Å². The summed E-state index contributed by atoms with van der Waals surface area (Å²) in [6, 6.07) is 36.0. The third-order valence-corrected chi connectivity index (χ3v) is 9.13. The zero-order chi connectivity index (χ0) is 35.5. The molecule has 0 saturated carbocycles. The molecule has 5 aromatic carbocycles. The minimum atomic E-state index is -1.06. The smallest absolute Gasteiger partial charge is 0.335 e. The van der Waals surface area contributed by atoms with Gasteiger partial charge in [0.1, 0.15) is 12.1 Å². The first-order chi connectivity index (χ1) is 24.2. The lowest BCUT2D eigenvalue weighted by atomic mass is 9.97. The molecule has 10 heteroatoms. The molecule has 3 amide bonds. The average molecular weight is 689 g/mol. The molecule has 5 aromatic rings. The van der Waals surface area contributed by atoms with Crippen molar-refractivity contribution in [1.82, 2.24) is 16.0 Å². The SMILES string of the molecule is N[C@@H](Cc1ccc(C(=O)O)cc1)[C@H](S)C(=O)N[C@@H](Cc1cccc2ccccc12)C(=O)N[C@@H](Cc1ccccc1)C(=O)NCc1ccccc1. The van der Waals surface area contributed by atoms with E-state index in [1.54, 1.807) is 12.1 Å². The van der Waals surface area contributed by atoms with Gasteiger partial charge < -0.3 is 26.8 Å². The topological polar surface area (TPSA) is 151 Å². The zero-order valence-corrected chi connectivity index (χ0v) is 28.3. The fourth-order valence-electron chi connectivity index (χ4n) is 5.76. The van der Waals surface area contributed by atoms with Gasteiger partial charge in [-0.25, -0.2) is 4.79 Å². The van der Waals surface area contributed by atoms with Gasteiger partial charge in [-0.05, 0) is 51.6 Å². The Balaban J connectivity index is 1.36. The lowest BCUT2D eigenvalue weighted by Crippen LogP contribution is -2.57. The van der Waals surface area contributed by atoms with Crippen LogP contribution in [0.5, 0.6) is 0 Å². The lowest BCUT2D eigenvalue weighted by molar-refractivity contribution is -0.132. The highest BCUT2D eigenvalue weighted by atomic mass is 32.1. The van der Waals surface area contributed by atoms with Crippen molar-refractivity contribution in [3.05, 3.63) is 155 Å². The van der Waals surface area contributed by atoms with Crippen molar-refractivity contribution in [2.75, 3.05) is 0 Å². The van der Waals surface area contributed by atoms with Crippen LogP contribution < -0.4 is 21.7 Å². The van der Waals surface area contributed by atoms with E-state index in [0.29, 0.717) is 0 Å². The quantitative estimate of drug-likeness (QED) is 0.0894. The van der Waals surface area contributed by atoms with E-state index in [4.69, 9.17) is 5.73 Å². The Morgan fingerprint density at radius 1 is 0.600 bits per heavy atom. The number of rotatable bonds is 15. The van der Waals surface area contributed by atoms with Crippen LogP contribution in [0.25, 0.3) is 10.8 Å². The molecule has 4 atom stereocenters. The molecular formula is C40H40N4O5S. The van der Waals surface area contributed by atoms with Gasteiger partial charge in [0.15, 0.2) is 0 Å². The molecule has 0 fully saturated rings. The van der Waals surface area contributed by atoms with Gasteiger partial charge in [-0.2, -0.15) is 12.6 Å². The minimum Gasteiger partial charge on any atom is -0.478 e. The number of carboxylic acids is 1. The molecule has 9 nitrogen and oxygen atoms in total. The highest BCUT2D eigenvalue weighted by Gasteiger charge is 2.31. The molecule has 0 spiro atoms. The van der Waals surface area contributed by atoms with Crippen LogP contribution in [0.2, 0.25) is 0 Å². The number of amides is 3. The first kappa shape index (κ1) is 35.8. The van der Waals surface area contributed by atoms with Crippen LogP contribution in [0.4, 0.5) is 0 Å². The summed E-state index contributed by atoms with van der Waals surface area (Å²) >= 11 is 4.54. The van der Waals surface area contributed by atoms with E-state index in [9.17, 15) is 24.3 Å². The maximum absolute atomic E-state index is 14.2. The Morgan fingerprint density at radius 3 is 1.84 bits per heavy atom. The number of benzene rings is 5. The van der Waals surface area contributed by atoms with E-state index in [0.717, 1.165) is 33.0 Å². The van der Waals surface area contributed by atoms with Gasteiger partial charge in [-0.3, -0.25) is 14.4 Å². The van der Waals surface area contributed by atoms with E-state index in [-0.39, 0.29) is 37.3 Å². The second kappa shape index (κ2) is 17.3. The van der Waals surface area contributed by atoms with E-state index in [1.165, 1.54) is 12.1 Å². The van der Waals surface area contributed by atoms with Crippen molar-refractivity contribution in [2.45, 2.75) is 49.2 Å². The van der Waals surface area contributed by atoms with E-state index < -0.39 is 41.2 Å². The number of fused-ring (bicyclic) bond motifs is 1. The molecular weight excluding hydrogens is 649 g/mol. The zero-order valence-electron chi connectivity index (χ0n) is 27.4. The van der Waals surface area contributed by atoms with Crippen LogP contribution in [0.1, 0.15) is 32.6 Å². The van der Waals surface area contributed by atoms with Crippen molar-refractivity contribution in [3.8, 4) is 0 Å². The van der Waals surface area contributed by atoms with Gasteiger partial charge in [0, 0.05) is 25.4 Å². The summed E-state index contributed by atoms with van der Waals surface area (Å²) in [6.07, 6.45) is 0.639. The number of nitrogens with one attached hydrogen (secondary N) is 3. The normalized spacial score (nSPS) is 13.4. The Kier molecular flexibility index (Phi) is 12.4. The Morgan fingerprint density at radius 2 is 1.16 bits per heavy atom.